The predicted octanol–water partition coefficient (Wildman–Crippen LogP) is 2.54. The summed E-state index contributed by atoms with van der Waals surface area (Å²) in [6.45, 7) is 2.12. The summed E-state index contributed by atoms with van der Waals surface area (Å²) < 4.78 is 18.5. The SMILES string of the molecule is CCOC(=O)Cc1nc2ccc(F)cc2s1. The van der Waals surface area contributed by atoms with Gasteiger partial charge in [-0.25, -0.2) is 9.37 Å². The topological polar surface area (TPSA) is 39.2 Å². The molecule has 5 heteroatoms. The van der Waals surface area contributed by atoms with Crippen LogP contribution in [0, 0.1) is 5.82 Å². The van der Waals surface area contributed by atoms with E-state index >= 15 is 0 Å². The lowest BCUT2D eigenvalue weighted by Gasteiger charge is -1.97. The van der Waals surface area contributed by atoms with Crippen molar-refractivity contribution in [1.82, 2.24) is 4.98 Å². The summed E-state index contributed by atoms with van der Waals surface area (Å²) in [4.78, 5) is 15.5. The third-order valence-corrected chi connectivity index (χ3v) is 3.01. The molecule has 0 fully saturated rings. The van der Waals surface area contributed by atoms with E-state index in [1.54, 1.807) is 13.0 Å². The van der Waals surface area contributed by atoms with Gasteiger partial charge in [-0.1, -0.05) is 0 Å². The molecule has 0 spiro atoms. The largest absolute Gasteiger partial charge is 0.466 e. The average molecular weight is 239 g/mol. The van der Waals surface area contributed by atoms with Gasteiger partial charge in [-0.3, -0.25) is 4.79 Å². The number of benzene rings is 1. The van der Waals surface area contributed by atoms with Gasteiger partial charge in [0.15, 0.2) is 0 Å². The van der Waals surface area contributed by atoms with Crippen molar-refractivity contribution < 1.29 is 13.9 Å². The van der Waals surface area contributed by atoms with Crippen molar-refractivity contribution in [2.24, 2.45) is 0 Å². The van der Waals surface area contributed by atoms with Crippen LogP contribution >= 0.6 is 11.3 Å². The predicted molar refractivity (Wildman–Crippen MR) is 59.9 cm³/mol. The summed E-state index contributed by atoms with van der Waals surface area (Å²) in [6, 6.07) is 4.38. The van der Waals surface area contributed by atoms with Gasteiger partial charge in [-0.2, -0.15) is 0 Å². The summed E-state index contributed by atoms with van der Waals surface area (Å²) in [6.07, 6.45) is 0.148. The van der Waals surface area contributed by atoms with Crippen molar-refractivity contribution in [2.75, 3.05) is 6.61 Å². The Morgan fingerprint density at radius 2 is 2.38 bits per heavy atom. The number of thiazole rings is 1. The zero-order chi connectivity index (χ0) is 11.5. The number of carbonyl (C=O) groups excluding carboxylic acids is 1. The summed E-state index contributed by atoms with van der Waals surface area (Å²) >= 11 is 1.31. The lowest BCUT2D eigenvalue weighted by molar-refractivity contribution is -0.142. The second kappa shape index (κ2) is 4.57. The van der Waals surface area contributed by atoms with Gasteiger partial charge in [0.05, 0.1) is 23.2 Å². The van der Waals surface area contributed by atoms with Crippen molar-refractivity contribution in [3.63, 3.8) is 0 Å². The Morgan fingerprint density at radius 3 is 3.12 bits per heavy atom. The lowest BCUT2D eigenvalue weighted by atomic mass is 10.3. The van der Waals surface area contributed by atoms with Crippen molar-refractivity contribution >= 4 is 27.5 Å². The molecule has 0 bridgehead atoms. The van der Waals surface area contributed by atoms with Crippen molar-refractivity contribution in [1.29, 1.82) is 0 Å². The van der Waals surface area contributed by atoms with Gasteiger partial charge in [-0.15, -0.1) is 11.3 Å². The molecule has 0 amide bonds. The van der Waals surface area contributed by atoms with Gasteiger partial charge in [0.1, 0.15) is 10.8 Å². The average Bonchev–Trinajstić information content (AvgIpc) is 2.59. The molecule has 1 heterocycles. The number of fused-ring (bicyclic) bond motifs is 1. The highest BCUT2D eigenvalue weighted by atomic mass is 32.1. The number of hydrogen-bond acceptors (Lipinski definition) is 4. The quantitative estimate of drug-likeness (QED) is 0.773. The fourth-order valence-electron chi connectivity index (χ4n) is 1.36. The third kappa shape index (κ3) is 2.36. The number of ether oxygens (including phenoxy) is 1. The molecule has 84 valence electrons. The van der Waals surface area contributed by atoms with Crippen molar-refractivity contribution in [3.8, 4) is 0 Å². The molecular formula is C11H10FNO2S. The highest BCUT2D eigenvalue weighted by Gasteiger charge is 2.09. The molecule has 0 saturated carbocycles. The minimum atomic E-state index is -0.304. The Balaban J connectivity index is 2.23. The first kappa shape index (κ1) is 11.0. The molecule has 0 atom stereocenters. The Morgan fingerprint density at radius 1 is 1.56 bits per heavy atom. The molecule has 2 aromatic rings. The first-order valence-corrected chi connectivity index (χ1v) is 5.71. The Labute approximate surface area is 95.9 Å². The number of hydrogen-bond donors (Lipinski definition) is 0. The van der Waals surface area contributed by atoms with Crippen molar-refractivity contribution in [2.45, 2.75) is 13.3 Å². The molecule has 0 aliphatic heterocycles. The molecule has 1 aromatic heterocycles. The van der Waals surface area contributed by atoms with Crippen LogP contribution in [0.1, 0.15) is 11.9 Å². The smallest absolute Gasteiger partial charge is 0.312 e. The van der Waals surface area contributed by atoms with Crippen LogP contribution in [0.3, 0.4) is 0 Å². The summed E-state index contributed by atoms with van der Waals surface area (Å²) in [5.41, 5.74) is 0.714. The number of esters is 1. The van der Waals surface area contributed by atoms with Gasteiger partial charge < -0.3 is 4.74 Å². The number of carbonyl (C=O) groups is 1. The third-order valence-electron chi connectivity index (χ3n) is 2.00. The van der Waals surface area contributed by atoms with Gasteiger partial charge in [-0.05, 0) is 25.1 Å². The molecule has 3 nitrogen and oxygen atoms in total. The van der Waals surface area contributed by atoms with Crippen LogP contribution in [0.4, 0.5) is 4.39 Å². The van der Waals surface area contributed by atoms with Crippen LogP contribution in [0.2, 0.25) is 0 Å². The second-order valence-electron chi connectivity index (χ2n) is 3.20. The minimum Gasteiger partial charge on any atom is -0.466 e. The van der Waals surface area contributed by atoms with Crippen LogP contribution in [0.25, 0.3) is 10.2 Å². The molecule has 2 rings (SSSR count). The first-order chi connectivity index (χ1) is 7.69. The van der Waals surface area contributed by atoms with Crippen LogP contribution in [0.5, 0.6) is 0 Å². The molecule has 0 unspecified atom stereocenters. The van der Waals surface area contributed by atoms with E-state index in [4.69, 9.17) is 4.74 Å². The van der Waals surface area contributed by atoms with E-state index in [9.17, 15) is 9.18 Å². The zero-order valence-electron chi connectivity index (χ0n) is 8.70. The van der Waals surface area contributed by atoms with Crippen LogP contribution in [0.15, 0.2) is 18.2 Å². The lowest BCUT2D eigenvalue weighted by Crippen LogP contribution is -2.06. The highest BCUT2D eigenvalue weighted by molar-refractivity contribution is 7.18. The van der Waals surface area contributed by atoms with Crippen LogP contribution in [-0.4, -0.2) is 17.6 Å². The molecular weight excluding hydrogens is 229 g/mol. The van der Waals surface area contributed by atoms with Crippen LogP contribution in [-0.2, 0) is 16.0 Å². The molecule has 0 N–H and O–H groups in total. The molecule has 0 aliphatic rings. The van der Waals surface area contributed by atoms with Gasteiger partial charge in [0, 0.05) is 0 Å². The summed E-state index contributed by atoms with van der Waals surface area (Å²) in [7, 11) is 0. The molecule has 16 heavy (non-hydrogen) atoms. The van der Waals surface area contributed by atoms with E-state index in [-0.39, 0.29) is 18.2 Å². The highest BCUT2D eigenvalue weighted by Crippen LogP contribution is 2.23. The number of aromatic nitrogens is 1. The van der Waals surface area contributed by atoms with E-state index in [0.717, 1.165) is 4.70 Å². The van der Waals surface area contributed by atoms with Gasteiger partial charge in [0.25, 0.3) is 0 Å². The molecule has 1 aromatic carbocycles. The Kier molecular flexibility index (Phi) is 3.14. The van der Waals surface area contributed by atoms with E-state index in [0.29, 0.717) is 17.1 Å². The minimum absolute atomic E-state index is 0.148. The standard InChI is InChI=1S/C11H10FNO2S/c1-2-15-11(14)6-10-13-8-4-3-7(12)5-9(8)16-10/h3-5H,2,6H2,1H3. The fraction of sp³-hybridized carbons (Fsp3) is 0.273. The maximum absolute atomic E-state index is 12.9. The number of nitrogens with zero attached hydrogens (tertiary/aromatic N) is 1. The first-order valence-electron chi connectivity index (χ1n) is 4.89. The van der Waals surface area contributed by atoms with E-state index < -0.39 is 0 Å². The van der Waals surface area contributed by atoms with E-state index in [1.165, 1.54) is 23.5 Å². The maximum atomic E-state index is 12.9. The van der Waals surface area contributed by atoms with Gasteiger partial charge >= 0.3 is 5.97 Å². The number of halogens is 1. The summed E-state index contributed by atoms with van der Waals surface area (Å²) in [5, 5.41) is 0.652. The second-order valence-corrected chi connectivity index (χ2v) is 4.32. The monoisotopic (exact) mass is 239 g/mol. The maximum Gasteiger partial charge on any atom is 0.312 e. The summed E-state index contributed by atoms with van der Waals surface area (Å²) in [5.74, 6) is -0.596. The van der Waals surface area contributed by atoms with Crippen LogP contribution < -0.4 is 0 Å². The molecule has 0 aliphatic carbocycles. The molecule has 0 saturated heterocycles. The Bertz CT molecular complexity index is 524. The Hall–Kier alpha value is -1.49. The van der Waals surface area contributed by atoms with E-state index in [2.05, 4.69) is 4.98 Å². The number of rotatable bonds is 3. The molecule has 0 radical (unpaired) electrons. The normalized spacial score (nSPS) is 10.6. The fourth-order valence-corrected chi connectivity index (χ4v) is 2.33. The zero-order valence-corrected chi connectivity index (χ0v) is 9.51. The van der Waals surface area contributed by atoms with Crippen molar-refractivity contribution in [3.05, 3.63) is 29.0 Å². The van der Waals surface area contributed by atoms with E-state index in [1.807, 2.05) is 0 Å². The van der Waals surface area contributed by atoms with Gasteiger partial charge in [0.2, 0.25) is 0 Å².